The molecule has 0 aliphatic rings. The number of carbonyl (C=O) groups excluding carboxylic acids is 2. The second kappa shape index (κ2) is 54.7. The fraction of sp³-hybridized carbons (Fsp3) is 0.734. The third kappa shape index (κ3) is 56.0. The summed E-state index contributed by atoms with van der Waals surface area (Å²) in [6.07, 6.45) is 69.8. The van der Waals surface area contributed by atoms with Gasteiger partial charge < -0.3 is 28.5 Å². The highest BCUT2D eigenvalue weighted by atomic mass is 16.7. The van der Waals surface area contributed by atoms with Gasteiger partial charge in [0.15, 0.2) is 6.10 Å². The molecule has 0 fully saturated rings. The van der Waals surface area contributed by atoms with Crippen LogP contribution in [0, 0.1) is 0 Å². The fourth-order valence-corrected chi connectivity index (χ4v) is 8.07. The van der Waals surface area contributed by atoms with Crippen LogP contribution in [0.2, 0.25) is 0 Å². The van der Waals surface area contributed by atoms with Gasteiger partial charge in [0.25, 0.3) is 6.29 Å². The number of unbranched alkanes of at least 4 members (excludes halogenated alkanes) is 25. The zero-order valence-corrected chi connectivity index (χ0v) is 47.8. The highest BCUT2D eigenvalue weighted by Crippen LogP contribution is 2.16. The maximum atomic E-state index is 12.8. The smallest absolute Gasteiger partial charge is 0.361 e. The van der Waals surface area contributed by atoms with Gasteiger partial charge in [-0.3, -0.25) is 9.59 Å². The Morgan fingerprint density at radius 1 is 0.425 bits per heavy atom. The fourth-order valence-electron chi connectivity index (χ4n) is 8.07. The minimum atomic E-state index is -1.52. The quantitative estimate of drug-likeness (QED) is 0.0211. The molecule has 9 heteroatoms. The van der Waals surface area contributed by atoms with Crippen molar-refractivity contribution in [1.82, 2.24) is 0 Å². The second-order valence-electron chi connectivity index (χ2n) is 20.9. The molecule has 0 aromatic heterocycles. The number of esters is 2. The van der Waals surface area contributed by atoms with Crippen LogP contribution in [0.1, 0.15) is 245 Å². The lowest BCUT2D eigenvalue weighted by Gasteiger charge is -2.25. The molecule has 9 nitrogen and oxygen atoms in total. The minimum Gasteiger partial charge on any atom is -0.477 e. The van der Waals surface area contributed by atoms with E-state index in [1.165, 1.54) is 141 Å². The topological polar surface area (TPSA) is 108 Å². The van der Waals surface area contributed by atoms with Crippen molar-refractivity contribution in [2.75, 3.05) is 47.5 Å². The summed E-state index contributed by atoms with van der Waals surface area (Å²) < 4.78 is 22.8. The van der Waals surface area contributed by atoms with E-state index in [4.69, 9.17) is 18.9 Å². The molecule has 0 amide bonds. The molecule has 1 N–H and O–H groups in total. The number of likely N-dealkylation sites (N-methyl/N-ethyl adjacent to an activating group) is 1. The monoisotopic (exact) mass is 1020 g/mol. The van der Waals surface area contributed by atoms with Crippen molar-refractivity contribution in [1.29, 1.82) is 0 Å². The predicted octanol–water partition coefficient (Wildman–Crippen LogP) is 17.6. The first kappa shape index (κ1) is 69.5. The van der Waals surface area contributed by atoms with Crippen molar-refractivity contribution in [2.24, 2.45) is 0 Å². The Morgan fingerprint density at radius 3 is 1.19 bits per heavy atom. The summed E-state index contributed by atoms with van der Waals surface area (Å²) >= 11 is 0. The number of hydrogen-bond donors (Lipinski definition) is 1. The van der Waals surface area contributed by atoms with E-state index in [1.807, 2.05) is 21.1 Å². The van der Waals surface area contributed by atoms with Gasteiger partial charge in [-0.2, -0.15) is 0 Å². The molecule has 0 saturated carbocycles. The first-order chi connectivity index (χ1) is 35.6. The molecule has 0 heterocycles. The van der Waals surface area contributed by atoms with Gasteiger partial charge in [0.05, 0.1) is 34.4 Å². The predicted molar refractivity (Wildman–Crippen MR) is 309 cm³/mol. The maximum Gasteiger partial charge on any atom is 0.361 e. The SMILES string of the molecule is CC/C=C\C/C=C\C/C=C\C/C=C\CCCCC(=O)OC(COC(=O)CCCCCCCCCCCCCCCCCCCC/C=C\C/C=C\C/C=C\CCCCCCC)COC(OCC[N+](C)(C)C)C(=O)O. The summed E-state index contributed by atoms with van der Waals surface area (Å²) in [5.74, 6) is -2.06. The van der Waals surface area contributed by atoms with E-state index in [0.29, 0.717) is 23.9 Å². The van der Waals surface area contributed by atoms with E-state index >= 15 is 0 Å². The van der Waals surface area contributed by atoms with E-state index < -0.39 is 24.3 Å². The van der Waals surface area contributed by atoms with Crippen molar-refractivity contribution in [3.05, 3.63) is 85.1 Å². The number of carboxylic acids is 1. The Bertz CT molecular complexity index is 1470. The second-order valence-corrected chi connectivity index (χ2v) is 20.9. The van der Waals surface area contributed by atoms with E-state index in [-0.39, 0.29) is 32.2 Å². The molecule has 2 atom stereocenters. The van der Waals surface area contributed by atoms with Crippen LogP contribution in [-0.4, -0.2) is 87.4 Å². The summed E-state index contributed by atoms with van der Waals surface area (Å²) in [7, 11) is 5.95. The van der Waals surface area contributed by atoms with Crippen LogP contribution < -0.4 is 0 Å². The Labute approximate surface area is 449 Å². The third-order valence-electron chi connectivity index (χ3n) is 12.6. The summed E-state index contributed by atoms with van der Waals surface area (Å²) in [6.45, 7) is 4.70. The van der Waals surface area contributed by atoms with Crippen molar-refractivity contribution in [3.8, 4) is 0 Å². The molecule has 0 radical (unpaired) electrons. The number of carbonyl (C=O) groups is 3. The van der Waals surface area contributed by atoms with Crippen LogP contribution in [-0.2, 0) is 33.3 Å². The molecule has 0 aliphatic heterocycles. The number of hydrogen-bond acceptors (Lipinski definition) is 7. The van der Waals surface area contributed by atoms with Crippen LogP contribution in [0.5, 0.6) is 0 Å². The summed E-state index contributed by atoms with van der Waals surface area (Å²) in [4.78, 5) is 37.3. The normalized spacial score (nSPS) is 13.4. The van der Waals surface area contributed by atoms with Gasteiger partial charge in [0.1, 0.15) is 13.2 Å². The summed E-state index contributed by atoms with van der Waals surface area (Å²) in [5.41, 5.74) is 0. The Balaban J connectivity index is 4.11. The number of ether oxygens (including phenoxy) is 4. The summed E-state index contributed by atoms with van der Waals surface area (Å²) in [5, 5.41) is 9.68. The van der Waals surface area contributed by atoms with E-state index in [0.717, 1.165) is 70.6 Å². The molecule has 0 spiro atoms. The number of nitrogens with zero attached hydrogens (tertiary/aromatic N) is 1. The van der Waals surface area contributed by atoms with Crippen LogP contribution in [0.15, 0.2) is 85.1 Å². The van der Waals surface area contributed by atoms with Crippen molar-refractivity contribution >= 4 is 17.9 Å². The average Bonchev–Trinajstić information content (AvgIpc) is 3.36. The van der Waals surface area contributed by atoms with Gasteiger partial charge in [-0.1, -0.05) is 227 Å². The minimum absolute atomic E-state index is 0.177. The lowest BCUT2D eigenvalue weighted by molar-refractivity contribution is -0.870. The standard InChI is InChI=1S/C64H111NO8/c1-6-8-10-12-14-16-18-20-22-23-24-25-26-27-28-29-30-31-32-33-34-35-36-37-38-39-41-42-44-46-48-50-52-54-61(66)71-58-60(59-72-64(63(68)69)70-57-56-65(3,4)5)73-62(67)55-53-51-49-47-45-43-40-21-19-17-15-13-11-9-7-2/h9,11,15,17-18,20-21,23-24,26-27,40,45,47,60,64H,6-8,10,12-14,16,19,22,25,28-39,41-44,46,48-59H2,1-5H3/p+1/b11-9-,17-15-,20-18-,24-23-,27-26-,40-21-,47-45-. The van der Waals surface area contributed by atoms with Crippen LogP contribution in [0.25, 0.3) is 0 Å². The van der Waals surface area contributed by atoms with E-state index in [2.05, 4.69) is 98.9 Å². The van der Waals surface area contributed by atoms with Crippen LogP contribution >= 0.6 is 0 Å². The molecular weight excluding hydrogens is 911 g/mol. The molecule has 0 saturated heterocycles. The van der Waals surface area contributed by atoms with E-state index in [1.54, 1.807) is 0 Å². The van der Waals surface area contributed by atoms with Crippen molar-refractivity contribution in [3.63, 3.8) is 0 Å². The molecule has 2 unspecified atom stereocenters. The molecule has 0 aromatic carbocycles. The van der Waals surface area contributed by atoms with Gasteiger partial charge in [-0.25, -0.2) is 4.79 Å². The number of rotatable bonds is 54. The van der Waals surface area contributed by atoms with Crippen LogP contribution in [0.4, 0.5) is 0 Å². The zero-order valence-electron chi connectivity index (χ0n) is 47.8. The zero-order chi connectivity index (χ0) is 53.4. The van der Waals surface area contributed by atoms with Crippen molar-refractivity contribution in [2.45, 2.75) is 257 Å². The van der Waals surface area contributed by atoms with Gasteiger partial charge in [0, 0.05) is 12.8 Å². The Kier molecular flexibility index (Phi) is 52.1. The molecular formula is C64H112NO8+. The number of allylic oxidation sites excluding steroid dienone is 14. The van der Waals surface area contributed by atoms with Gasteiger partial charge in [-0.15, -0.1) is 0 Å². The van der Waals surface area contributed by atoms with Crippen molar-refractivity contribution < 1.29 is 42.9 Å². The van der Waals surface area contributed by atoms with Crippen LogP contribution in [0.3, 0.4) is 0 Å². The van der Waals surface area contributed by atoms with Gasteiger partial charge >= 0.3 is 17.9 Å². The van der Waals surface area contributed by atoms with Gasteiger partial charge in [-0.05, 0) is 89.9 Å². The largest absolute Gasteiger partial charge is 0.477 e. The molecule has 73 heavy (non-hydrogen) atoms. The number of aliphatic carboxylic acids is 1. The molecule has 0 aromatic rings. The Hall–Kier alpha value is -3.53. The first-order valence-corrected chi connectivity index (χ1v) is 29.8. The lowest BCUT2D eigenvalue weighted by atomic mass is 10.0. The number of carboxylic acid groups (broad SMARTS) is 1. The highest BCUT2D eigenvalue weighted by molar-refractivity contribution is 5.71. The summed E-state index contributed by atoms with van der Waals surface area (Å²) in [6, 6.07) is 0. The molecule has 0 rings (SSSR count). The van der Waals surface area contributed by atoms with E-state index in [9.17, 15) is 19.5 Å². The number of quaternary nitrogens is 1. The Morgan fingerprint density at radius 2 is 0.781 bits per heavy atom. The maximum absolute atomic E-state index is 12.8. The molecule has 0 aliphatic carbocycles. The molecule has 420 valence electrons. The highest BCUT2D eigenvalue weighted by Gasteiger charge is 2.25. The third-order valence-corrected chi connectivity index (χ3v) is 12.6. The van der Waals surface area contributed by atoms with Gasteiger partial charge in [0.2, 0.25) is 0 Å². The first-order valence-electron chi connectivity index (χ1n) is 29.8. The lowest BCUT2D eigenvalue weighted by Crippen LogP contribution is -2.40. The average molecular weight is 1020 g/mol. The molecule has 0 bridgehead atoms.